The molecule has 0 saturated carbocycles. The molecule has 152 valence electrons. The van der Waals surface area contributed by atoms with Crippen LogP contribution < -0.4 is 10.1 Å². The third-order valence-electron chi connectivity index (χ3n) is 5.04. The first kappa shape index (κ1) is 20.9. The molecule has 1 aliphatic heterocycles. The highest BCUT2D eigenvalue weighted by Crippen LogP contribution is 2.32. The fourth-order valence-corrected chi connectivity index (χ4v) is 5.35. The van der Waals surface area contributed by atoms with Crippen LogP contribution in [0.4, 0.5) is 5.69 Å². The second kappa shape index (κ2) is 8.68. The smallest absolute Gasteiger partial charge is 0.255 e. The van der Waals surface area contributed by atoms with E-state index in [-0.39, 0.29) is 22.3 Å². The summed E-state index contributed by atoms with van der Waals surface area (Å²) < 4.78 is 33.3. The SMILES string of the molecule is C#Cc1cccc(NC(=O)c2ccc(OC)c(S(=O)(=O)N3CCCCC3C)c2)c1. The van der Waals surface area contributed by atoms with Gasteiger partial charge in [-0.3, -0.25) is 4.79 Å². The number of amides is 1. The van der Waals surface area contributed by atoms with Gasteiger partial charge in [0, 0.05) is 29.4 Å². The van der Waals surface area contributed by atoms with E-state index in [0.29, 0.717) is 17.8 Å². The van der Waals surface area contributed by atoms with Crippen molar-refractivity contribution >= 4 is 21.6 Å². The number of piperidine rings is 1. The van der Waals surface area contributed by atoms with Crippen molar-refractivity contribution in [2.24, 2.45) is 0 Å². The van der Waals surface area contributed by atoms with Gasteiger partial charge in [0.05, 0.1) is 7.11 Å². The molecule has 1 amide bonds. The number of ether oxygens (including phenoxy) is 1. The van der Waals surface area contributed by atoms with Gasteiger partial charge in [-0.05, 0) is 56.2 Å². The zero-order valence-electron chi connectivity index (χ0n) is 16.5. The van der Waals surface area contributed by atoms with Crippen LogP contribution in [-0.4, -0.2) is 38.3 Å². The number of hydrogen-bond donors (Lipinski definition) is 1. The van der Waals surface area contributed by atoms with Gasteiger partial charge in [-0.2, -0.15) is 4.31 Å². The molecule has 0 spiro atoms. The first-order valence-corrected chi connectivity index (χ1v) is 10.9. The summed E-state index contributed by atoms with van der Waals surface area (Å²) in [4.78, 5) is 12.7. The predicted octanol–water partition coefficient (Wildman–Crippen LogP) is 3.49. The Morgan fingerprint density at radius 2 is 2.03 bits per heavy atom. The molecular weight excluding hydrogens is 388 g/mol. The average molecular weight is 413 g/mol. The molecule has 1 N–H and O–H groups in total. The molecule has 2 aromatic rings. The number of terminal acetylenes is 1. The Morgan fingerprint density at radius 3 is 2.72 bits per heavy atom. The quantitative estimate of drug-likeness (QED) is 0.763. The van der Waals surface area contributed by atoms with Gasteiger partial charge in [-0.15, -0.1) is 6.42 Å². The van der Waals surface area contributed by atoms with Crippen LogP contribution in [0.2, 0.25) is 0 Å². The van der Waals surface area contributed by atoms with E-state index in [4.69, 9.17) is 11.2 Å². The summed E-state index contributed by atoms with van der Waals surface area (Å²) in [5, 5.41) is 2.75. The van der Waals surface area contributed by atoms with Gasteiger partial charge in [-0.1, -0.05) is 18.4 Å². The summed E-state index contributed by atoms with van der Waals surface area (Å²) in [6.07, 6.45) is 8.03. The van der Waals surface area contributed by atoms with Gasteiger partial charge < -0.3 is 10.1 Å². The van der Waals surface area contributed by atoms with Crippen LogP contribution in [0.5, 0.6) is 5.75 Å². The zero-order valence-corrected chi connectivity index (χ0v) is 17.3. The molecule has 6 nitrogen and oxygen atoms in total. The lowest BCUT2D eigenvalue weighted by Gasteiger charge is -2.32. The number of carbonyl (C=O) groups is 1. The molecule has 2 aromatic carbocycles. The lowest BCUT2D eigenvalue weighted by Crippen LogP contribution is -2.42. The molecule has 1 atom stereocenters. The Labute approximate surface area is 171 Å². The van der Waals surface area contributed by atoms with Gasteiger partial charge in [0.1, 0.15) is 10.6 Å². The van der Waals surface area contributed by atoms with E-state index in [1.165, 1.54) is 29.6 Å². The summed E-state index contributed by atoms with van der Waals surface area (Å²) in [6.45, 7) is 2.36. The minimum atomic E-state index is -3.79. The summed E-state index contributed by atoms with van der Waals surface area (Å²) >= 11 is 0. The minimum Gasteiger partial charge on any atom is -0.495 e. The van der Waals surface area contributed by atoms with E-state index >= 15 is 0 Å². The second-order valence-electron chi connectivity index (χ2n) is 7.01. The number of rotatable bonds is 5. The molecule has 0 aromatic heterocycles. The minimum absolute atomic E-state index is 0.00113. The summed E-state index contributed by atoms with van der Waals surface area (Å²) in [7, 11) is -2.38. The maximum Gasteiger partial charge on any atom is 0.255 e. The van der Waals surface area contributed by atoms with Crippen LogP contribution in [0.1, 0.15) is 42.1 Å². The lowest BCUT2D eigenvalue weighted by atomic mass is 10.1. The molecular formula is C22H24N2O4S. The fraction of sp³-hybridized carbons (Fsp3) is 0.318. The normalized spacial score (nSPS) is 17.3. The number of anilines is 1. The van der Waals surface area contributed by atoms with Gasteiger partial charge in [0.15, 0.2) is 0 Å². The van der Waals surface area contributed by atoms with Gasteiger partial charge in [0.2, 0.25) is 10.0 Å². The van der Waals surface area contributed by atoms with Crippen LogP contribution in [0.25, 0.3) is 0 Å². The van der Waals surface area contributed by atoms with Crippen LogP contribution in [0, 0.1) is 12.3 Å². The number of sulfonamides is 1. The Hall–Kier alpha value is -2.82. The van der Waals surface area contributed by atoms with Crippen molar-refractivity contribution in [2.75, 3.05) is 19.0 Å². The number of methoxy groups -OCH3 is 1. The van der Waals surface area contributed by atoms with Crippen LogP contribution in [0.15, 0.2) is 47.4 Å². The number of nitrogens with one attached hydrogen (secondary N) is 1. The van der Waals surface area contributed by atoms with E-state index in [1.807, 2.05) is 6.92 Å². The maximum atomic E-state index is 13.3. The molecule has 1 unspecified atom stereocenters. The zero-order chi connectivity index (χ0) is 21.0. The molecule has 1 fully saturated rings. The molecule has 0 bridgehead atoms. The van der Waals surface area contributed by atoms with Crippen molar-refractivity contribution in [1.29, 1.82) is 0 Å². The maximum absolute atomic E-state index is 13.3. The first-order chi connectivity index (χ1) is 13.9. The highest BCUT2D eigenvalue weighted by Gasteiger charge is 2.33. The number of benzene rings is 2. The van der Waals surface area contributed by atoms with Crippen molar-refractivity contribution in [3.63, 3.8) is 0 Å². The highest BCUT2D eigenvalue weighted by atomic mass is 32.2. The van der Waals surface area contributed by atoms with Crippen molar-refractivity contribution < 1.29 is 17.9 Å². The summed E-state index contributed by atoms with van der Waals surface area (Å²) in [6, 6.07) is 11.2. The molecule has 1 heterocycles. The second-order valence-corrected chi connectivity index (χ2v) is 8.86. The molecule has 0 radical (unpaired) electrons. The molecule has 29 heavy (non-hydrogen) atoms. The van der Waals surface area contributed by atoms with E-state index in [2.05, 4.69) is 11.2 Å². The van der Waals surface area contributed by atoms with Crippen molar-refractivity contribution in [1.82, 2.24) is 4.31 Å². The van der Waals surface area contributed by atoms with Crippen LogP contribution in [0.3, 0.4) is 0 Å². The van der Waals surface area contributed by atoms with Crippen LogP contribution in [-0.2, 0) is 10.0 Å². The average Bonchev–Trinajstić information content (AvgIpc) is 2.73. The summed E-state index contributed by atoms with van der Waals surface area (Å²) in [5.74, 6) is 2.30. The van der Waals surface area contributed by atoms with E-state index in [0.717, 1.165) is 19.3 Å². The topological polar surface area (TPSA) is 75.7 Å². The number of hydrogen-bond acceptors (Lipinski definition) is 4. The Balaban J connectivity index is 1.94. The van der Waals surface area contributed by atoms with E-state index < -0.39 is 15.9 Å². The van der Waals surface area contributed by atoms with E-state index in [9.17, 15) is 13.2 Å². The number of nitrogens with zero attached hydrogens (tertiary/aromatic N) is 1. The molecule has 3 rings (SSSR count). The number of carbonyl (C=O) groups excluding carboxylic acids is 1. The van der Waals surface area contributed by atoms with Crippen LogP contribution >= 0.6 is 0 Å². The molecule has 1 aliphatic rings. The molecule has 1 saturated heterocycles. The standard InChI is InChI=1S/C22H24N2O4S/c1-4-17-9-7-10-19(14-17)23-22(25)18-11-12-20(28-3)21(15-18)29(26,27)24-13-6-5-8-16(24)2/h1,7,9-12,14-16H,5-6,8,13H2,2-3H3,(H,23,25). The van der Waals surface area contributed by atoms with Crippen molar-refractivity contribution in [3.8, 4) is 18.1 Å². The first-order valence-electron chi connectivity index (χ1n) is 9.44. The Kier molecular flexibility index (Phi) is 6.26. The Morgan fingerprint density at radius 1 is 1.24 bits per heavy atom. The largest absolute Gasteiger partial charge is 0.495 e. The van der Waals surface area contributed by atoms with Gasteiger partial charge >= 0.3 is 0 Å². The van der Waals surface area contributed by atoms with Gasteiger partial charge in [-0.25, -0.2) is 8.42 Å². The molecule has 7 heteroatoms. The fourth-order valence-electron chi connectivity index (χ4n) is 3.46. The third kappa shape index (κ3) is 4.44. The summed E-state index contributed by atoms with van der Waals surface area (Å²) in [5.41, 5.74) is 1.40. The van der Waals surface area contributed by atoms with E-state index in [1.54, 1.807) is 24.3 Å². The Bertz CT molecular complexity index is 1060. The lowest BCUT2D eigenvalue weighted by molar-refractivity contribution is 0.102. The van der Waals surface area contributed by atoms with Gasteiger partial charge in [0.25, 0.3) is 5.91 Å². The third-order valence-corrected chi connectivity index (χ3v) is 7.08. The van der Waals surface area contributed by atoms with Crippen molar-refractivity contribution in [3.05, 3.63) is 53.6 Å². The highest BCUT2D eigenvalue weighted by molar-refractivity contribution is 7.89. The molecule has 0 aliphatic carbocycles. The predicted molar refractivity (Wildman–Crippen MR) is 113 cm³/mol. The monoisotopic (exact) mass is 412 g/mol. The van der Waals surface area contributed by atoms with Crippen molar-refractivity contribution in [2.45, 2.75) is 37.1 Å².